The van der Waals surface area contributed by atoms with Crippen molar-refractivity contribution < 1.29 is 13.2 Å². The van der Waals surface area contributed by atoms with Crippen LogP contribution in [0.3, 0.4) is 0 Å². The molecule has 7 heteroatoms. The number of carbonyl (C=O) groups is 1. The number of nitrogens with zero attached hydrogens (tertiary/aromatic N) is 2. The quantitative estimate of drug-likeness (QED) is 0.778. The molecule has 1 aromatic heterocycles. The van der Waals surface area contributed by atoms with Crippen LogP contribution in [0.15, 0.2) is 0 Å². The Morgan fingerprint density at radius 1 is 1.35 bits per heavy atom. The maximum Gasteiger partial charge on any atom is 0.177 e. The summed E-state index contributed by atoms with van der Waals surface area (Å²) in [4.78, 5) is 12.4. The maximum absolute atomic E-state index is 11.9. The molecule has 0 N–H and O–H groups in total. The molecular weight excluding hydrogens is 260 g/mol. The minimum absolute atomic E-state index is 0.00815. The van der Waals surface area contributed by atoms with Crippen LogP contribution in [0.25, 0.3) is 0 Å². The largest absolute Gasteiger partial charge is 0.293 e. The number of hydrogen-bond donors (Lipinski definition) is 0. The van der Waals surface area contributed by atoms with E-state index in [-0.39, 0.29) is 23.4 Å². The summed E-state index contributed by atoms with van der Waals surface area (Å²) in [6.07, 6.45) is 1.11. The summed E-state index contributed by atoms with van der Waals surface area (Å²) in [7, 11) is -3.12. The summed E-state index contributed by atoms with van der Waals surface area (Å²) in [5.74, 6) is -0.330. The van der Waals surface area contributed by atoms with Crippen molar-refractivity contribution in [1.82, 2.24) is 9.59 Å². The highest BCUT2D eigenvalue weighted by Gasteiger charge is 2.26. The van der Waals surface area contributed by atoms with E-state index in [9.17, 15) is 13.2 Å². The molecule has 17 heavy (non-hydrogen) atoms. The van der Waals surface area contributed by atoms with Gasteiger partial charge in [0.1, 0.15) is 14.7 Å². The Kier molecular flexibility index (Phi) is 4.03. The van der Waals surface area contributed by atoms with Crippen LogP contribution >= 0.6 is 11.5 Å². The second-order valence-corrected chi connectivity index (χ2v) is 8.02. The number of rotatable bonds is 4. The minimum atomic E-state index is -3.12. The molecule has 0 spiro atoms. The van der Waals surface area contributed by atoms with Gasteiger partial charge >= 0.3 is 0 Å². The molecule has 1 rings (SSSR count). The summed E-state index contributed by atoms with van der Waals surface area (Å²) in [5, 5.41) is 3.95. The van der Waals surface area contributed by atoms with Crippen molar-refractivity contribution in [2.75, 3.05) is 12.0 Å². The van der Waals surface area contributed by atoms with E-state index in [1.165, 1.54) is 0 Å². The molecule has 0 aromatic carbocycles. The minimum Gasteiger partial charge on any atom is -0.293 e. The van der Waals surface area contributed by atoms with Crippen molar-refractivity contribution in [1.29, 1.82) is 0 Å². The van der Waals surface area contributed by atoms with Crippen LogP contribution in [0, 0.1) is 0 Å². The first-order valence-electron chi connectivity index (χ1n) is 5.15. The molecule has 0 bridgehead atoms. The van der Waals surface area contributed by atoms with Crippen LogP contribution in [0.5, 0.6) is 0 Å². The molecule has 5 nitrogen and oxygen atoms in total. The zero-order chi connectivity index (χ0) is 13.3. The van der Waals surface area contributed by atoms with Crippen LogP contribution in [-0.4, -0.2) is 35.8 Å². The van der Waals surface area contributed by atoms with Crippen LogP contribution < -0.4 is 0 Å². The SMILES string of the molecule is CC(C)(C)c1nnsc1C(=O)CCS(C)(=O)=O. The van der Waals surface area contributed by atoms with E-state index in [2.05, 4.69) is 9.59 Å². The van der Waals surface area contributed by atoms with E-state index in [0.717, 1.165) is 17.8 Å². The molecular formula is C10H16N2O3S2. The Morgan fingerprint density at radius 2 is 1.94 bits per heavy atom. The van der Waals surface area contributed by atoms with E-state index >= 15 is 0 Å². The van der Waals surface area contributed by atoms with Gasteiger partial charge in [-0.25, -0.2) is 8.42 Å². The van der Waals surface area contributed by atoms with Crippen LogP contribution in [0.1, 0.15) is 42.6 Å². The summed E-state index contributed by atoms with van der Waals surface area (Å²) in [6.45, 7) is 5.82. The lowest BCUT2D eigenvalue weighted by Crippen LogP contribution is -2.17. The van der Waals surface area contributed by atoms with Crippen LogP contribution in [0.4, 0.5) is 0 Å². The van der Waals surface area contributed by atoms with Crippen molar-refractivity contribution in [3.05, 3.63) is 10.6 Å². The molecule has 0 aliphatic rings. The Morgan fingerprint density at radius 3 is 2.41 bits per heavy atom. The second kappa shape index (κ2) is 4.81. The molecule has 96 valence electrons. The van der Waals surface area contributed by atoms with Gasteiger partial charge in [-0.1, -0.05) is 25.3 Å². The van der Waals surface area contributed by atoms with Gasteiger partial charge in [-0.05, 0) is 11.5 Å². The first-order valence-corrected chi connectivity index (χ1v) is 7.98. The lowest BCUT2D eigenvalue weighted by atomic mass is 9.90. The van der Waals surface area contributed by atoms with Gasteiger partial charge in [0.05, 0.1) is 11.4 Å². The molecule has 0 saturated heterocycles. The lowest BCUT2D eigenvalue weighted by Gasteiger charge is -2.15. The fraction of sp³-hybridized carbons (Fsp3) is 0.700. The fourth-order valence-electron chi connectivity index (χ4n) is 1.26. The number of sulfone groups is 1. The maximum atomic E-state index is 11.9. The van der Waals surface area contributed by atoms with Crippen molar-refractivity contribution in [2.24, 2.45) is 0 Å². The Balaban J connectivity index is 2.88. The standard InChI is InChI=1S/C10H16N2O3S2/c1-10(2,3)9-8(16-12-11-9)7(13)5-6-17(4,14)15/h5-6H2,1-4H3. The van der Waals surface area contributed by atoms with Gasteiger partial charge in [-0.2, -0.15) is 0 Å². The Hall–Kier alpha value is -0.820. The van der Waals surface area contributed by atoms with E-state index in [1.807, 2.05) is 20.8 Å². The van der Waals surface area contributed by atoms with Crippen molar-refractivity contribution >= 4 is 27.2 Å². The summed E-state index contributed by atoms with van der Waals surface area (Å²) < 4.78 is 25.8. The average Bonchev–Trinajstić information content (AvgIpc) is 2.60. The highest BCUT2D eigenvalue weighted by Crippen LogP contribution is 2.26. The fourth-order valence-corrected chi connectivity index (χ4v) is 2.65. The van der Waals surface area contributed by atoms with Crippen molar-refractivity contribution in [2.45, 2.75) is 32.6 Å². The highest BCUT2D eigenvalue weighted by molar-refractivity contribution is 7.90. The first kappa shape index (κ1) is 14.2. The second-order valence-electron chi connectivity index (χ2n) is 5.00. The van der Waals surface area contributed by atoms with Gasteiger partial charge in [0.15, 0.2) is 5.78 Å². The van der Waals surface area contributed by atoms with Gasteiger partial charge < -0.3 is 0 Å². The summed E-state index contributed by atoms with van der Waals surface area (Å²) in [6, 6.07) is 0. The highest BCUT2D eigenvalue weighted by atomic mass is 32.2. The Bertz CT molecular complexity index is 512. The molecule has 1 heterocycles. The molecule has 0 atom stereocenters. The normalized spacial score (nSPS) is 12.7. The third-order valence-electron chi connectivity index (χ3n) is 2.15. The predicted octanol–water partition coefficient (Wildman–Crippen LogP) is 1.45. The predicted molar refractivity (Wildman–Crippen MR) is 67.3 cm³/mol. The lowest BCUT2D eigenvalue weighted by molar-refractivity contribution is 0.0990. The number of hydrogen-bond acceptors (Lipinski definition) is 6. The number of carbonyl (C=O) groups excluding carboxylic acids is 1. The molecule has 0 fully saturated rings. The van der Waals surface area contributed by atoms with Crippen molar-refractivity contribution in [3.63, 3.8) is 0 Å². The number of Topliss-reactive ketones (excluding diaryl/α,β-unsaturated/α-hetero) is 1. The van der Waals surface area contributed by atoms with E-state index in [1.54, 1.807) is 0 Å². The van der Waals surface area contributed by atoms with E-state index in [4.69, 9.17) is 0 Å². The van der Waals surface area contributed by atoms with Gasteiger partial charge in [-0.15, -0.1) is 5.10 Å². The van der Waals surface area contributed by atoms with Gasteiger partial charge in [0.2, 0.25) is 0 Å². The molecule has 0 aliphatic carbocycles. The Labute approximate surface area is 105 Å². The topological polar surface area (TPSA) is 77.0 Å². The molecule has 0 radical (unpaired) electrons. The summed E-state index contributed by atoms with van der Waals surface area (Å²) >= 11 is 1.03. The molecule has 1 aromatic rings. The average molecular weight is 276 g/mol. The van der Waals surface area contributed by atoms with E-state index < -0.39 is 9.84 Å². The van der Waals surface area contributed by atoms with Gasteiger partial charge in [0, 0.05) is 18.1 Å². The molecule has 0 unspecified atom stereocenters. The monoisotopic (exact) mass is 276 g/mol. The van der Waals surface area contributed by atoms with Crippen LogP contribution in [-0.2, 0) is 15.3 Å². The summed E-state index contributed by atoms with van der Waals surface area (Å²) in [5.41, 5.74) is 0.379. The van der Waals surface area contributed by atoms with Crippen LogP contribution in [0.2, 0.25) is 0 Å². The smallest absolute Gasteiger partial charge is 0.177 e. The molecule has 0 amide bonds. The molecule has 0 aliphatic heterocycles. The zero-order valence-corrected chi connectivity index (χ0v) is 12.0. The number of ketones is 1. The third kappa shape index (κ3) is 4.16. The first-order chi connectivity index (χ1) is 7.61. The van der Waals surface area contributed by atoms with E-state index in [0.29, 0.717) is 10.6 Å². The third-order valence-corrected chi connectivity index (χ3v) is 3.86. The van der Waals surface area contributed by atoms with Gasteiger partial charge in [0.25, 0.3) is 0 Å². The van der Waals surface area contributed by atoms with Crippen molar-refractivity contribution in [3.8, 4) is 0 Å². The number of aromatic nitrogens is 2. The van der Waals surface area contributed by atoms with Gasteiger partial charge in [-0.3, -0.25) is 4.79 Å². The zero-order valence-electron chi connectivity index (χ0n) is 10.3. The molecule has 0 saturated carbocycles.